The second-order valence-electron chi connectivity index (χ2n) is 5.83. The summed E-state index contributed by atoms with van der Waals surface area (Å²) in [5, 5.41) is 0. The van der Waals surface area contributed by atoms with E-state index in [2.05, 4.69) is 13.8 Å². The van der Waals surface area contributed by atoms with E-state index in [1.54, 1.807) is 6.07 Å². The minimum Gasteiger partial charge on any atom is -0.207 e. The lowest BCUT2D eigenvalue weighted by Gasteiger charge is -2.31. The molecule has 0 aliphatic heterocycles. The van der Waals surface area contributed by atoms with E-state index >= 15 is 0 Å². The molecule has 1 aromatic rings. The Kier molecular flexibility index (Phi) is 6.54. The molecule has 0 amide bonds. The molecule has 108 valence electrons. The zero-order chi connectivity index (χ0) is 14.4. The van der Waals surface area contributed by atoms with Gasteiger partial charge in [0.2, 0.25) is 0 Å². The van der Waals surface area contributed by atoms with Crippen LogP contribution in [-0.4, -0.2) is 0 Å². The van der Waals surface area contributed by atoms with Gasteiger partial charge in [-0.1, -0.05) is 39.8 Å². The lowest BCUT2D eigenvalue weighted by atomic mass is 9.74. The van der Waals surface area contributed by atoms with Gasteiger partial charge in [-0.05, 0) is 67.6 Å². The number of hydrogen-bond acceptors (Lipinski definition) is 0. The van der Waals surface area contributed by atoms with Crippen LogP contribution in [-0.2, 0) is 0 Å². The summed E-state index contributed by atoms with van der Waals surface area (Å²) in [5.74, 6) is 2.07. The Balaban J connectivity index is 0.000000861. The lowest BCUT2D eigenvalue weighted by molar-refractivity contribution is 0.256. The Morgan fingerprint density at radius 2 is 1.63 bits per heavy atom. The van der Waals surface area contributed by atoms with Crippen LogP contribution < -0.4 is 0 Å². The Bertz CT molecular complexity index is 353. The fourth-order valence-electron chi connectivity index (χ4n) is 3.24. The first-order valence-corrected chi connectivity index (χ1v) is 7.84. The van der Waals surface area contributed by atoms with E-state index in [-0.39, 0.29) is 5.82 Å². The number of rotatable bonds is 2. The summed E-state index contributed by atoms with van der Waals surface area (Å²) in [6.45, 7) is 10.6. The highest BCUT2D eigenvalue weighted by molar-refractivity contribution is 5.31. The first-order chi connectivity index (χ1) is 9.09. The largest absolute Gasteiger partial charge is 0.207 e. The topological polar surface area (TPSA) is 0 Å². The highest BCUT2D eigenvalue weighted by atomic mass is 19.1. The maximum atomic E-state index is 13.9. The average Bonchev–Trinajstić information content (AvgIpc) is 2.41. The van der Waals surface area contributed by atoms with Gasteiger partial charge in [0.05, 0.1) is 0 Å². The highest BCUT2D eigenvalue weighted by Crippen LogP contribution is 2.40. The van der Waals surface area contributed by atoms with Crippen LogP contribution in [0.4, 0.5) is 4.39 Å². The molecule has 0 bridgehead atoms. The molecule has 0 nitrogen and oxygen atoms in total. The van der Waals surface area contributed by atoms with Crippen molar-refractivity contribution >= 4 is 0 Å². The molecule has 2 rings (SSSR count). The van der Waals surface area contributed by atoms with Crippen LogP contribution in [0.2, 0.25) is 0 Å². The Hall–Kier alpha value is -0.850. The van der Waals surface area contributed by atoms with Crippen LogP contribution in [0.25, 0.3) is 0 Å². The second-order valence-corrected chi connectivity index (χ2v) is 5.83. The van der Waals surface area contributed by atoms with Gasteiger partial charge in [-0.15, -0.1) is 0 Å². The van der Waals surface area contributed by atoms with Crippen molar-refractivity contribution in [3.05, 3.63) is 35.1 Å². The first-order valence-electron chi connectivity index (χ1n) is 7.84. The minimum atomic E-state index is -0.00185. The van der Waals surface area contributed by atoms with Crippen LogP contribution in [0.5, 0.6) is 0 Å². The molecule has 1 aliphatic carbocycles. The maximum Gasteiger partial charge on any atom is 0.126 e. The smallest absolute Gasteiger partial charge is 0.126 e. The fraction of sp³-hybridized carbons (Fsp3) is 0.667. The third-order valence-corrected chi connectivity index (χ3v) is 4.39. The first kappa shape index (κ1) is 16.2. The molecule has 0 N–H and O–H groups in total. The van der Waals surface area contributed by atoms with Gasteiger partial charge in [0.15, 0.2) is 0 Å². The summed E-state index contributed by atoms with van der Waals surface area (Å²) in [6, 6.07) is 5.46. The zero-order valence-corrected chi connectivity index (χ0v) is 13.2. The molecule has 19 heavy (non-hydrogen) atoms. The number of aryl methyl sites for hydroxylation is 1. The van der Waals surface area contributed by atoms with Crippen molar-refractivity contribution in [3.8, 4) is 0 Å². The summed E-state index contributed by atoms with van der Waals surface area (Å²) >= 11 is 0. The number of halogens is 1. The quantitative estimate of drug-likeness (QED) is 0.606. The van der Waals surface area contributed by atoms with E-state index in [1.165, 1.54) is 12.8 Å². The van der Waals surface area contributed by atoms with E-state index < -0.39 is 0 Å². The van der Waals surface area contributed by atoms with Crippen molar-refractivity contribution in [1.29, 1.82) is 0 Å². The van der Waals surface area contributed by atoms with E-state index in [0.717, 1.165) is 35.8 Å². The van der Waals surface area contributed by atoms with Crippen molar-refractivity contribution in [2.75, 3.05) is 0 Å². The second kappa shape index (κ2) is 7.67. The molecule has 0 unspecified atom stereocenters. The van der Waals surface area contributed by atoms with Gasteiger partial charge in [0.1, 0.15) is 5.82 Å². The van der Waals surface area contributed by atoms with Crippen LogP contribution in [0.1, 0.15) is 70.4 Å². The molecule has 0 spiro atoms. The summed E-state index contributed by atoms with van der Waals surface area (Å²) in [7, 11) is 0. The molecule has 1 saturated carbocycles. The van der Waals surface area contributed by atoms with Crippen LogP contribution >= 0.6 is 0 Å². The highest BCUT2D eigenvalue weighted by Gasteiger charge is 2.26. The minimum absolute atomic E-state index is 0.00185. The van der Waals surface area contributed by atoms with Crippen LogP contribution in [0.3, 0.4) is 0 Å². The predicted molar refractivity (Wildman–Crippen MR) is 82.0 cm³/mol. The summed E-state index contributed by atoms with van der Waals surface area (Å²) in [4.78, 5) is 0. The molecule has 1 heteroatoms. The van der Waals surface area contributed by atoms with E-state index in [0.29, 0.717) is 5.92 Å². The van der Waals surface area contributed by atoms with Crippen molar-refractivity contribution in [2.24, 2.45) is 11.8 Å². The van der Waals surface area contributed by atoms with Crippen molar-refractivity contribution in [1.82, 2.24) is 0 Å². The summed E-state index contributed by atoms with van der Waals surface area (Å²) in [5.41, 5.74) is 2.10. The van der Waals surface area contributed by atoms with Gasteiger partial charge in [-0.25, -0.2) is 4.39 Å². The Morgan fingerprint density at radius 1 is 1.05 bits per heavy atom. The third kappa shape index (κ3) is 4.06. The number of benzene rings is 1. The number of hydrogen-bond donors (Lipinski definition) is 0. The molecule has 0 heterocycles. The van der Waals surface area contributed by atoms with Crippen molar-refractivity contribution in [3.63, 3.8) is 0 Å². The Labute approximate surface area is 118 Å². The van der Waals surface area contributed by atoms with E-state index in [9.17, 15) is 4.39 Å². The fourth-order valence-corrected chi connectivity index (χ4v) is 3.24. The normalized spacial score (nSPS) is 22.9. The maximum absolute atomic E-state index is 13.9. The summed E-state index contributed by atoms with van der Waals surface area (Å²) in [6.07, 6.45) is 4.83. The molecular weight excluding hydrogens is 235 g/mol. The molecular formula is C18H29F. The molecule has 0 aromatic heterocycles. The molecule has 0 saturated heterocycles. The molecule has 1 aliphatic rings. The third-order valence-electron chi connectivity index (χ3n) is 4.39. The molecule has 1 fully saturated rings. The summed E-state index contributed by atoms with van der Waals surface area (Å²) < 4.78 is 13.9. The Morgan fingerprint density at radius 3 is 2.11 bits per heavy atom. The van der Waals surface area contributed by atoms with Crippen molar-refractivity contribution in [2.45, 2.75) is 66.2 Å². The predicted octanol–water partition coefficient (Wildman–Crippen LogP) is 6.09. The lowest BCUT2D eigenvalue weighted by Crippen LogP contribution is -2.18. The van der Waals surface area contributed by atoms with Gasteiger partial charge in [-0.2, -0.15) is 0 Å². The zero-order valence-electron chi connectivity index (χ0n) is 13.2. The van der Waals surface area contributed by atoms with Gasteiger partial charge in [-0.3, -0.25) is 0 Å². The van der Waals surface area contributed by atoms with Gasteiger partial charge in [0.25, 0.3) is 0 Å². The SMILES string of the molecule is CC.Cc1cccc(F)c1C1CCC(C(C)C)CC1. The standard InChI is InChI=1S/C16H23F.C2H6/c1-11(2)13-7-9-14(10-8-13)16-12(3)5-4-6-15(16)17;1-2/h4-6,11,13-14H,7-10H2,1-3H3;1-2H3. The van der Waals surface area contributed by atoms with Gasteiger partial charge in [0, 0.05) is 0 Å². The van der Waals surface area contributed by atoms with Crippen molar-refractivity contribution < 1.29 is 4.39 Å². The van der Waals surface area contributed by atoms with E-state index in [4.69, 9.17) is 0 Å². The average molecular weight is 264 g/mol. The van der Waals surface area contributed by atoms with Gasteiger partial charge >= 0.3 is 0 Å². The monoisotopic (exact) mass is 264 g/mol. The van der Waals surface area contributed by atoms with E-state index in [1.807, 2.05) is 32.9 Å². The van der Waals surface area contributed by atoms with Gasteiger partial charge < -0.3 is 0 Å². The van der Waals surface area contributed by atoms with Crippen LogP contribution in [0.15, 0.2) is 18.2 Å². The molecule has 0 atom stereocenters. The molecule has 1 aromatic carbocycles. The van der Waals surface area contributed by atoms with Crippen LogP contribution in [0, 0.1) is 24.6 Å². The molecule has 0 radical (unpaired) electrons.